The molecule has 2 heterocycles. The van der Waals surface area contributed by atoms with Gasteiger partial charge in [0.05, 0.1) is 16.4 Å². The number of nitrogens with zero attached hydrogens (tertiary/aromatic N) is 3. The minimum absolute atomic E-state index is 0.0254. The second-order valence-electron chi connectivity index (χ2n) is 7.70. The Hall–Kier alpha value is -3.97. The molecular weight excluding hydrogens is 462 g/mol. The van der Waals surface area contributed by atoms with E-state index >= 15 is 0 Å². The van der Waals surface area contributed by atoms with E-state index in [9.17, 15) is 17.2 Å². The molecule has 0 saturated heterocycles. The van der Waals surface area contributed by atoms with E-state index in [2.05, 4.69) is 4.98 Å². The number of pyridine rings is 1. The Morgan fingerprint density at radius 3 is 2.47 bits per heavy atom. The zero-order chi connectivity index (χ0) is 24.5. The summed E-state index contributed by atoms with van der Waals surface area (Å²) in [5, 5.41) is 9.20. The second-order valence-corrected chi connectivity index (χ2v) is 9.52. The van der Waals surface area contributed by atoms with Crippen LogP contribution in [0, 0.1) is 29.9 Å². The van der Waals surface area contributed by atoms with Gasteiger partial charge in [0.1, 0.15) is 5.75 Å². The van der Waals surface area contributed by atoms with Gasteiger partial charge in [-0.15, -0.1) is 0 Å². The predicted molar refractivity (Wildman–Crippen MR) is 123 cm³/mol. The van der Waals surface area contributed by atoms with E-state index in [4.69, 9.17) is 15.7 Å². The van der Waals surface area contributed by atoms with Gasteiger partial charge in [-0.25, -0.2) is 26.2 Å². The van der Waals surface area contributed by atoms with Crippen LogP contribution in [0.1, 0.15) is 24.0 Å². The molecule has 174 valence electrons. The van der Waals surface area contributed by atoms with Gasteiger partial charge in [0.2, 0.25) is 0 Å². The number of hydrogen-bond acceptors (Lipinski definition) is 6. The van der Waals surface area contributed by atoms with Crippen LogP contribution in [0.4, 0.5) is 14.5 Å². The van der Waals surface area contributed by atoms with E-state index in [0.717, 1.165) is 21.7 Å². The molecule has 0 fully saturated rings. The zero-order valence-corrected chi connectivity index (χ0v) is 18.9. The molecule has 0 saturated carbocycles. The summed E-state index contributed by atoms with van der Waals surface area (Å²) in [4.78, 5) is 4.29. The molecule has 0 atom stereocenters. The Labute approximate surface area is 195 Å². The van der Waals surface area contributed by atoms with Crippen LogP contribution < -0.4 is 10.5 Å². The number of unbranched alkanes of at least 4 members (excludes halogenated alkanes) is 1. The molecule has 7 nitrogen and oxygen atoms in total. The first-order valence-corrected chi connectivity index (χ1v) is 11.8. The molecule has 2 N–H and O–H groups in total. The van der Waals surface area contributed by atoms with E-state index in [-0.39, 0.29) is 33.8 Å². The lowest BCUT2D eigenvalue weighted by Gasteiger charge is -2.11. The summed E-state index contributed by atoms with van der Waals surface area (Å²) in [5.74, 6) is -2.64. The molecule has 4 aromatic rings. The fourth-order valence-corrected chi connectivity index (χ4v) is 4.94. The number of fused-ring (bicyclic) bond motifs is 1. The van der Waals surface area contributed by atoms with E-state index < -0.39 is 27.4 Å². The summed E-state index contributed by atoms with van der Waals surface area (Å²) < 4.78 is 62.2. The van der Waals surface area contributed by atoms with E-state index in [1.54, 1.807) is 12.1 Å². The van der Waals surface area contributed by atoms with E-state index in [0.29, 0.717) is 18.4 Å². The maximum atomic E-state index is 14.4. The highest BCUT2D eigenvalue weighted by Gasteiger charge is 2.25. The Morgan fingerprint density at radius 1 is 1.15 bits per heavy atom. The number of aromatic nitrogens is 2. The maximum Gasteiger partial charge on any atom is 0.269 e. The summed E-state index contributed by atoms with van der Waals surface area (Å²) in [6, 6.07) is 11.6. The first kappa shape index (κ1) is 23.2. The zero-order valence-electron chi connectivity index (χ0n) is 18.1. The van der Waals surface area contributed by atoms with Crippen molar-refractivity contribution in [2.75, 3.05) is 5.73 Å². The summed E-state index contributed by atoms with van der Waals surface area (Å²) >= 11 is 0. The Balaban J connectivity index is 1.90. The number of nitriles is 1. The lowest BCUT2D eigenvalue weighted by atomic mass is 10.1. The number of nitrogens with two attached hydrogens (primary N) is 1. The van der Waals surface area contributed by atoms with Crippen molar-refractivity contribution in [1.82, 2.24) is 8.96 Å². The third-order valence-corrected chi connectivity index (χ3v) is 6.90. The third kappa shape index (κ3) is 4.30. The molecule has 0 spiro atoms. The van der Waals surface area contributed by atoms with Crippen molar-refractivity contribution >= 4 is 26.7 Å². The third-order valence-electron chi connectivity index (χ3n) is 5.24. The highest BCUT2D eigenvalue weighted by Crippen LogP contribution is 2.37. The first-order chi connectivity index (χ1) is 16.2. The maximum absolute atomic E-state index is 14.4. The summed E-state index contributed by atoms with van der Waals surface area (Å²) in [6.45, 7) is 1.84. The van der Waals surface area contributed by atoms with Gasteiger partial charge >= 0.3 is 0 Å². The summed E-state index contributed by atoms with van der Waals surface area (Å²) in [5.41, 5.74) is 6.83. The molecular formula is C24H20F2N4O3S. The van der Waals surface area contributed by atoms with Gasteiger partial charge in [0, 0.05) is 36.6 Å². The lowest BCUT2D eigenvalue weighted by Crippen LogP contribution is -2.12. The molecule has 0 aliphatic carbocycles. The van der Waals surface area contributed by atoms with Crippen LogP contribution in [0.25, 0.3) is 11.0 Å². The fraction of sp³-hybridized carbons (Fsp3) is 0.167. The van der Waals surface area contributed by atoms with E-state index in [1.165, 1.54) is 30.6 Å². The van der Waals surface area contributed by atoms with Crippen molar-refractivity contribution < 1.29 is 21.9 Å². The van der Waals surface area contributed by atoms with Gasteiger partial charge < -0.3 is 10.5 Å². The van der Waals surface area contributed by atoms with Crippen molar-refractivity contribution in [3.8, 4) is 17.6 Å². The molecule has 0 aliphatic heterocycles. The number of hydrogen-bond donors (Lipinski definition) is 1. The van der Waals surface area contributed by atoms with Gasteiger partial charge in [-0.2, -0.15) is 5.26 Å². The molecule has 0 amide bonds. The summed E-state index contributed by atoms with van der Waals surface area (Å²) in [6.07, 6.45) is 3.72. The second kappa shape index (κ2) is 9.11. The molecule has 0 bridgehead atoms. The highest BCUT2D eigenvalue weighted by molar-refractivity contribution is 7.90. The van der Waals surface area contributed by atoms with Gasteiger partial charge in [-0.3, -0.25) is 0 Å². The Morgan fingerprint density at radius 2 is 1.82 bits per heavy atom. The quantitative estimate of drug-likeness (QED) is 0.290. The topological polar surface area (TPSA) is 111 Å². The number of halogens is 2. The SMILES string of the molecule is Cc1ccc(S(=O)(=O)n2cc(CCCC#N)c3c(Oc4c(F)cc(N)cc4F)ccnc32)cc1. The molecule has 34 heavy (non-hydrogen) atoms. The van der Waals surface area contributed by atoms with Crippen molar-refractivity contribution in [3.05, 3.63) is 77.6 Å². The first-order valence-electron chi connectivity index (χ1n) is 10.3. The van der Waals surface area contributed by atoms with Crippen LogP contribution >= 0.6 is 0 Å². The molecule has 0 radical (unpaired) electrons. The minimum Gasteiger partial charge on any atom is -0.450 e. The smallest absolute Gasteiger partial charge is 0.269 e. The number of aryl methyl sites for hydroxylation is 2. The summed E-state index contributed by atoms with van der Waals surface area (Å²) in [7, 11) is -4.03. The normalized spacial score (nSPS) is 11.5. The van der Waals surface area contributed by atoms with Gasteiger partial charge in [-0.05, 0) is 43.5 Å². The molecule has 2 aromatic carbocycles. The van der Waals surface area contributed by atoms with E-state index in [1.807, 2.05) is 13.0 Å². The van der Waals surface area contributed by atoms with Gasteiger partial charge in [0.25, 0.3) is 10.0 Å². The van der Waals surface area contributed by atoms with Crippen LogP contribution in [0.2, 0.25) is 0 Å². The molecule has 4 rings (SSSR count). The minimum atomic E-state index is -4.03. The number of benzene rings is 2. The molecule has 10 heteroatoms. The molecule has 2 aromatic heterocycles. The van der Waals surface area contributed by atoms with Crippen LogP contribution in [0.5, 0.6) is 11.5 Å². The van der Waals surface area contributed by atoms with Crippen LogP contribution in [-0.4, -0.2) is 17.4 Å². The van der Waals surface area contributed by atoms with Crippen LogP contribution in [0.3, 0.4) is 0 Å². The standard InChI is InChI=1S/C24H20F2N4O3S/c1-15-5-7-18(8-6-15)34(31,32)30-14-16(4-2-3-10-27)22-21(9-11-29-24(22)30)33-23-19(25)12-17(28)13-20(23)26/h5-9,11-14H,2-4,28H2,1H3. The molecule has 0 aliphatic rings. The number of anilines is 1. The number of ether oxygens (including phenoxy) is 1. The van der Waals surface area contributed by atoms with Crippen LogP contribution in [0.15, 0.2) is 59.8 Å². The lowest BCUT2D eigenvalue weighted by molar-refractivity contribution is 0.411. The monoisotopic (exact) mass is 482 g/mol. The Bertz CT molecular complexity index is 1500. The highest BCUT2D eigenvalue weighted by atomic mass is 32.2. The number of nitrogen functional groups attached to an aromatic ring is 1. The largest absolute Gasteiger partial charge is 0.450 e. The Kier molecular flexibility index (Phi) is 6.22. The van der Waals surface area contributed by atoms with Gasteiger partial charge in [-0.1, -0.05) is 17.7 Å². The van der Waals surface area contributed by atoms with Crippen molar-refractivity contribution in [2.24, 2.45) is 0 Å². The van der Waals surface area contributed by atoms with Crippen molar-refractivity contribution in [3.63, 3.8) is 0 Å². The average molecular weight is 483 g/mol. The average Bonchev–Trinajstić information content (AvgIpc) is 3.17. The number of rotatable bonds is 7. The molecule has 0 unspecified atom stereocenters. The fourth-order valence-electron chi connectivity index (χ4n) is 3.60. The van der Waals surface area contributed by atoms with Crippen molar-refractivity contribution in [1.29, 1.82) is 5.26 Å². The van der Waals surface area contributed by atoms with Gasteiger partial charge in [0.15, 0.2) is 23.0 Å². The van der Waals surface area contributed by atoms with Crippen molar-refractivity contribution in [2.45, 2.75) is 31.1 Å². The predicted octanol–water partition coefficient (Wildman–Crippen LogP) is 5.08. The van der Waals surface area contributed by atoms with Crippen LogP contribution in [-0.2, 0) is 16.4 Å².